The number of hydrazine groups is 1. The third kappa shape index (κ3) is 3.56. The maximum absolute atomic E-state index is 5.70. The number of aromatic nitrogens is 1. The van der Waals surface area contributed by atoms with Crippen LogP contribution in [0.5, 0.6) is 0 Å². The zero-order valence-electron chi connectivity index (χ0n) is 12.0. The Morgan fingerprint density at radius 1 is 1.10 bits per heavy atom. The van der Waals surface area contributed by atoms with Crippen LogP contribution in [0.4, 0.5) is 5.82 Å². The summed E-state index contributed by atoms with van der Waals surface area (Å²) in [5.74, 6) is 6.76. The van der Waals surface area contributed by atoms with Gasteiger partial charge in [0, 0.05) is 12.2 Å². The smallest absolute Gasteiger partial charge is 0.123 e. The molecule has 1 heterocycles. The summed E-state index contributed by atoms with van der Waals surface area (Å²) in [6.07, 6.45) is 2.50. The molecule has 0 aliphatic rings. The van der Waals surface area contributed by atoms with Crippen LogP contribution in [-0.2, 0) is 6.42 Å². The van der Waals surface area contributed by atoms with Crippen molar-refractivity contribution in [2.45, 2.75) is 32.2 Å². The van der Waals surface area contributed by atoms with Crippen LogP contribution in [-0.4, -0.2) is 4.98 Å². The third-order valence-electron chi connectivity index (χ3n) is 3.49. The fraction of sp³-hybridized carbons (Fsp3) is 0.312. The van der Waals surface area contributed by atoms with Crippen LogP contribution < -0.4 is 17.0 Å². The molecule has 1 unspecified atom stereocenters. The fourth-order valence-corrected chi connectivity index (χ4v) is 2.24. The first-order valence-corrected chi connectivity index (χ1v) is 6.86. The molecule has 0 aliphatic carbocycles. The number of nitrogens with one attached hydrogen (secondary N) is 1. The highest BCUT2D eigenvalue weighted by Crippen LogP contribution is 2.21. The molecule has 20 heavy (non-hydrogen) atoms. The summed E-state index contributed by atoms with van der Waals surface area (Å²) in [5, 5.41) is 0. The molecule has 5 N–H and O–H groups in total. The predicted octanol–water partition coefficient (Wildman–Crippen LogP) is 2.53. The first-order valence-electron chi connectivity index (χ1n) is 6.86. The Bertz CT molecular complexity index is 549. The van der Waals surface area contributed by atoms with Crippen LogP contribution in [0, 0.1) is 0 Å². The summed E-state index contributed by atoms with van der Waals surface area (Å²) < 4.78 is 0. The molecule has 0 saturated carbocycles. The molecule has 0 amide bonds. The lowest BCUT2D eigenvalue weighted by atomic mass is 9.96. The quantitative estimate of drug-likeness (QED) is 0.576. The molecule has 0 fully saturated rings. The van der Waals surface area contributed by atoms with Gasteiger partial charge in [-0.25, -0.2) is 4.98 Å². The highest BCUT2D eigenvalue weighted by atomic mass is 15.2. The number of anilines is 1. The number of nitrogens with zero attached hydrogens (tertiary/aromatic N) is 1. The Balaban J connectivity index is 2.15. The Morgan fingerprint density at radius 2 is 1.75 bits per heavy atom. The minimum absolute atomic E-state index is 0.0676. The van der Waals surface area contributed by atoms with Crippen LogP contribution in [0.25, 0.3) is 0 Å². The summed E-state index contributed by atoms with van der Waals surface area (Å²) in [6.45, 7) is 4.38. The van der Waals surface area contributed by atoms with Gasteiger partial charge in [0.1, 0.15) is 5.82 Å². The molecular weight excluding hydrogens is 248 g/mol. The van der Waals surface area contributed by atoms with Gasteiger partial charge in [0.25, 0.3) is 0 Å². The van der Waals surface area contributed by atoms with Crippen molar-refractivity contribution in [3.05, 3.63) is 59.3 Å². The molecular formula is C16H22N4. The first-order chi connectivity index (χ1) is 9.60. The van der Waals surface area contributed by atoms with E-state index in [-0.39, 0.29) is 6.04 Å². The summed E-state index contributed by atoms with van der Waals surface area (Å²) >= 11 is 0. The van der Waals surface area contributed by atoms with E-state index in [1.807, 2.05) is 12.1 Å². The summed E-state index contributed by atoms with van der Waals surface area (Å²) in [5.41, 5.74) is 12.2. The van der Waals surface area contributed by atoms with Crippen LogP contribution >= 0.6 is 0 Å². The number of nitrogens with two attached hydrogens (primary N) is 2. The molecule has 0 saturated heterocycles. The molecule has 1 aromatic heterocycles. The average Bonchev–Trinajstić information content (AvgIpc) is 2.45. The first kappa shape index (κ1) is 14.5. The Labute approximate surface area is 120 Å². The normalized spacial score (nSPS) is 12.6. The number of nitrogen functional groups attached to an aromatic ring is 1. The summed E-state index contributed by atoms with van der Waals surface area (Å²) in [6, 6.07) is 12.5. The Kier molecular flexibility index (Phi) is 4.71. The highest BCUT2D eigenvalue weighted by Gasteiger charge is 2.11. The van der Waals surface area contributed by atoms with Crippen molar-refractivity contribution >= 4 is 5.82 Å². The second kappa shape index (κ2) is 6.50. The molecule has 0 spiro atoms. The van der Waals surface area contributed by atoms with Crippen LogP contribution in [0.2, 0.25) is 0 Å². The Morgan fingerprint density at radius 3 is 2.30 bits per heavy atom. The van der Waals surface area contributed by atoms with Gasteiger partial charge in [-0.05, 0) is 41.2 Å². The molecule has 4 nitrogen and oxygen atoms in total. The number of pyridine rings is 1. The van der Waals surface area contributed by atoms with E-state index in [4.69, 9.17) is 11.6 Å². The van der Waals surface area contributed by atoms with Gasteiger partial charge in [-0.2, -0.15) is 0 Å². The minimum Gasteiger partial charge on any atom is -0.384 e. The van der Waals surface area contributed by atoms with Crippen molar-refractivity contribution in [1.29, 1.82) is 0 Å². The second-order valence-electron chi connectivity index (χ2n) is 5.33. The highest BCUT2D eigenvalue weighted by molar-refractivity contribution is 5.34. The fourth-order valence-electron chi connectivity index (χ4n) is 2.24. The van der Waals surface area contributed by atoms with Crippen molar-refractivity contribution < 1.29 is 0 Å². The number of benzene rings is 1. The van der Waals surface area contributed by atoms with E-state index in [0.717, 1.165) is 12.0 Å². The maximum Gasteiger partial charge on any atom is 0.123 e. The molecule has 1 atom stereocenters. The van der Waals surface area contributed by atoms with Crippen LogP contribution in [0.3, 0.4) is 0 Å². The van der Waals surface area contributed by atoms with E-state index >= 15 is 0 Å². The van der Waals surface area contributed by atoms with E-state index in [0.29, 0.717) is 11.7 Å². The van der Waals surface area contributed by atoms with Crippen LogP contribution in [0.1, 0.15) is 42.5 Å². The number of rotatable bonds is 5. The van der Waals surface area contributed by atoms with Crippen molar-refractivity contribution in [1.82, 2.24) is 10.4 Å². The topological polar surface area (TPSA) is 77.0 Å². The molecule has 106 valence electrons. The summed E-state index contributed by atoms with van der Waals surface area (Å²) in [4.78, 5) is 4.00. The average molecular weight is 270 g/mol. The van der Waals surface area contributed by atoms with E-state index in [1.54, 1.807) is 6.20 Å². The predicted molar refractivity (Wildman–Crippen MR) is 82.9 cm³/mol. The molecule has 4 heteroatoms. The number of hydrogen-bond acceptors (Lipinski definition) is 4. The molecule has 0 bridgehead atoms. The van der Waals surface area contributed by atoms with E-state index in [1.165, 1.54) is 11.1 Å². The van der Waals surface area contributed by atoms with Gasteiger partial charge < -0.3 is 5.73 Å². The zero-order chi connectivity index (χ0) is 14.5. The SMILES string of the molecule is CC(C)c1ccc(C(Cc2ccnc(N)c2)NN)cc1. The van der Waals surface area contributed by atoms with E-state index < -0.39 is 0 Å². The standard InChI is InChI=1S/C16H22N4/c1-11(2)13-3-5-14(6-4-13)15(20-18)9-12-7-8-19-16(17)10-12/h3-8,10-11,15,20H,9,18H2,1-2H3,(H2,17,19). The molecule has 2 rings (SSSR count). The van der Waals surface area contributed by atoms with Crippen molar-refractivity contribution in [2.75, 3.05) is 5.73 Å². The van der Waals surface area contributed by atoms with Gasteiger partial charge in [-0.15, -0.1) is 0 Å². The Hall–Kier alpha value is -1.91. The second-order valence-corrected chi connectivity index (χ2v) is 5.33. The van der Waals surface area contributed by atoms with Crippen LogP contribution in [0.15, 0.2) is 42.6 Å². The lowest BCUT2D eigenvalue weighted by Gasteiger charge is -2.17. The van der Waals surface area contributed by atoms with Gasteiger partial charge in [0.15, 0.2) is 0 Å². The third-order valence-corrected chi connectivity index (χ3v) is 3.49. The van der Waals surface area contributed by atoms with E-state index in [9.17, 15) is 0 Å². The largest absolute Gasteiger partial charge is 0.384 e. The lowest BCUT2D eigenvalue weighted by Crippen LogP contribution is -2.29. The molecule has 0 aliphatic heterocycles. The zero-order valence-corrected chi connectivity index (χ0v) is 12.0. The van der Waals surface area contributed by atoms with Gasteiger partial charge in [-0.3, -0.25) is 11.3 Å². The molecule has 1 aromatic carbocycles. The van der Waals surface area contributed by atoms with Gasteiger partial charge >= 0.3 is 0 Å². The lowest BCUT2D eigenvalue weighted by molar-refractivity contribution is 0.551. The monoisotopic (exact) mass is 270 g/mol. The van der Waals surface area contributed by atoms with Gasteiger partial charge in [0.2, 0.25) is 0 Å². The van der Waals surface area contributed by atoms with E-state index in [2.05, 4.69) is 48.5 Å². The number of hydrogen-bond donors (Lipinski definition) is 3. The van der Waals surface area contributed by atoms with Crippen molar-refractivity contribution in [3.63, 3.8) is 0 Å². The molecule has 2 aromatic rings. The van der Waals surface area contributed by atoms with Gasteiger partial charge in [-0.1, -0.05) is 38.1 Å². The van der Waals surface area contributed by atoms with Crippen molar-refractivity contribution in [3.8, 4) is 0 Å². The van der Waals surface area contributed by atoms with Crippen molar-refractivity contribution in [2.24, 2.45) is 5.84 Å². The summed E-state index contributed by atoms with van der Waals surface area (Å²) in [7, 11) is 0. The maximum atomic E-state index is 5.70. The molecule has 0 radical (unpaired) electrons. The minimum atomic E-state index is 0.0676. The van der Waals surface area contributed by atoms with Gasteiger partial charge in [0.05, 0.1) is 0 Å².